The summed E-state index contributed by atoms with van der Waals surface area (Å²) in [6.07, 6.45) is 4.06. The van der Waals surface area contributed by atoms with Crippen LogP contribution in [0.3, 0.4) is 0 Å². The van der Waals surface area contributed by atoms with Crippen LogP contribution in [0.1, 0.15) is 11.1 Å². The molecule has 0 atom stereocenters. The zero-order chi connectivity index (χ0) is 13.9. The van der Waals surface area contributed by atoms with Gasteiger partial charge in [-0.25, -0.2) is 9.97 Å². The lowest BCUT2D eigenvalue weighted by Gasteiger charge is -2.21. The zero-order valence-electron chi connectivity index (χ0n) is 11.3. The van der Waals surface area contributed by atoms with E-state index in [0.29, 0.717) is 5.15 Å². The summed E-state index contributed by atoms with van der Waals surface area (Å²) in [7, 11) is 0. The number of halogens is 1. The molecule has 1 aromatic carbocycles. The van der Waals surface area contributed by atoms with Gasteiger partial charge in [-0.2, -0.15) is 0 Å². The predicted octanol–water partition coefficient (Wildman–Crippen LogP) is 3.46. The average molecular weight is 306 g/mol. The minimum absolute atomic E-state index is 0.515. The topological polar surface area (TPSA) is 29.0 Å². The highest BCUT2D eigenvalue weighted by atomic mass is 35.5. The summed E-state index contributed by atoms with van der Waals surface area (Å²) >= 11 is 7.61. The first-order valence-corrected chi connectivity index (χ1v) is 8.27. The molecule has 2 aromatic rings. The van der Waals surface area contributed by atoms with Crippen molar-refractivity contribution in [2.45, 2.75) is 18.0 Å². The monoisotopic (exact) mass is 305 g/mol. The highest BCUT2D eigenvalue weighted by molar-refractivity contribution is 7.98. The Balaban J connectivity index is 1.85. The van der Waals surface area contributed by atoms with Crippen LogP contribution in [0, 0.1) is 0 Å². The van der Waals surface area contributed by atoms with E-state index >= 15 is 0 Å². The van der Waals surface area contributed by atoms with Crippen molar-refractivity contribution in [3.05, 3.63) is 46.6 Å². The Morgan fingerprint density at radius 3 is 2.35 bits per heavy atom. The van der Waals surface area contributed by atoms with E-state index in [4.69, 9.17) is 11.6 Å². The maximum absolute atomic E-state index is 6.09. The Morgan fingerprint density at radius 2 is 1.75 bits per heavy atom. The fourth-order valence-corrected chi connectivity index (χ4v) is 3.14. The number of fused-ring (bicyclic) bond motifs is 1. The highest BCUT2D eigenvalue weighted by Gasteiger charge is 2.16. The Kier molecular flexibility index (Phi) is 4.13. The lowest BCUT2D eigenvalue weighted by Crippen LogP contribution is -2.27. The average Bonchev–Trinajstić information content (AvgIpc) is 2.69. The molecule has 0 fully saturated rings. The molecule has 0 amide bonds. The molecule has 0 radical (unpaired) electrons. The summed E-state index contributed by atoms with van der Waals surface area (Å²) in [6.45, 7) is 1.94. The number of aromatic nitrogens is 2. The van der Waals surface area contributed by atoms with E-state index < -0.39 is 0 Å². The third-order valence-electron chi connectivity index (χ3n) is 3.59. The van der Waals surface area contributed by atoms with Crippen LogP contribution in [0.15, 0.2) is 35.5 Å². The van der Waals surface area contributed by atoms with Crippen molar-refractivity contribution >= 4 is 29.2 Å². The largest absolute Gasteiger partial charge is 0.356 e. The van der Waals surface area contributed by atoms with Gasteiger partial charge < -0.3 is 4.90 Å². The van der Waals surface area contributed by atoms with E-state index in [2.05, 4.69) is 39.1 Å². The van der Waals surface area contributed by atoms with E-state index in [-0.39, 0.29) is 0 Å². The van der Waals surface area contributed by atoms with Crippen LogP contribution in [-0.4, -0.2) is 29.3 Å². The lowest BCUT2D eigenvalue weighted by atomic mass is 10.0. The molecule has 3 nitrogen and oxygen atoms in total. The standard InChI is InChI=1S/C15H16ClN3S/c1-20-15-17-13(16)10-14(18-15)19-8-6-11-4-2-3-5-12(11)7-9-19/h2-5,10H,6-9H2,1H3. The molecule has 0 N–H and O–H groups in total. The number of anilines is 1. The fourth-order valence-electron chi connectivity index (χ4n) is 2.54. The van der Waals surface area contributed by atoms with Gasteiger partial charge in [-0.15, -0.1) is 0 Å². The zero-order valence-corrected chi connectivity index (χ0v) is 12.9. The molecule has 1 aliphatic heterocycles. The predicted molar refractivity (Wildman–Crippen MR) is 84.9 cm³/mol. The number of nitrogens with zero attached hydrogens (tertiary/aromatic N) is 3. The Labute approximate surface area is 128 Å². The molecule has 1 aliphatic rings. The number of rotatable bonds is 2. The molecule has 1 aromatic heterocycles. The Hall–Kier alpha value is -1.26. The smallest absolute Gasteiger partial charge is 0.190 e. The van der Waals surface area contributed by atoms with Crippen LogP contribution in [-0.2, 0) is 12.8 Å². The summed E-state index contributed by atoms with van der Waals surface area (Å²) < 4.78 is 0. The normalized spacial score (nSPS) is 14.8. The van der Waals surface area contributed by atoms with Gasteiger partial charge in [0.05, 0.1) is 0 Å². The summed E-state index contributed by atoms with van der Waals surface area (Å²) in [5.41, 5.74) is 2.89. The van der Waals surface area contributed by atoms with Gasteiger partial charge in [-0.05, 0) is 30.2 Å². The third kappa shape index (κ3) is 2.91. The number of benzene rings is 1. The van der Waals surface area contributed by atoms with Gasteiger partial charge in [0, 0.05) is 19.2 Å². The SMILES string of the molecule is CSc1nc(Cl)cc(N2CCc3ccccc3CC2)n1. The molecule has 0 saturated carbocycles. The van der Waals surface area contributed by atoms with Crippen LogP contribution in [0.4, 0.5) is 5.82 Å². The maximum atomic E-state index is 6.09. The van der Waals surface area contributed by atoms with Crippen molar-refractivity contribution in [1.29, 1.82) is 0 Å². The number of hydrogen-bond acceptors (Lipinski definition) is 4. The van der Waals surface area contributed by atoms with Crippen molar-refractivity contribution in [2.75, 3.05) is 24.2 Å². The van der Waals surface area contributed by atoms with Crippen LogP contribution < -0.4 is 4.90 Å². The number of hydrogen-bond donors (Lipinski definition) is 0. The molecule has 3 rings (SSSR count). The lowest BCUT2D eigenvalue weighted by molar-refractivity contribution is 0.774. The van der Waals surface area contributed by atoms with Crippen molar-refractivity contribution in [2.24, 2.45) is 0 Å². The first-order chi connectivity index (χ1) is 9.76. The minimum atomic E-state index is 0.515. The van der Waals surface area contributed by atoms with Crippen molar-refractivity contribution in [3.8, 4) is 0 Å². The summed E-state index contributed by atoms with van der Waals surface area (Å²) in [5, 5.41) is 1.25. The molecule has 0 aliphatic carbocycles. The van der Waals surface area contributed by atoms with Gasteiger partial charge in [-0.3, -0.25) is 0 Å². The maximum Gasteiger partial charge on any atom is 0.190 e. The van der Waals surface area contributed by atoms with Gasteiger partial charge >= 0.3 is 0 Å². The van der Waals surface area contributed by atoms with E-state index in [1.807, 2.05) is 12.3 Å². The Morgan fingerprint density at radius 1 is 1.10 bits per heavy atom. The van der Waals surface area contributed by atoms with Crippen LogP contribution in [0.25, 0.3) is 0 Å². The van der Waals surface area contributed by atoms with Gasteiger partial charge in [0.2, 0.25) is 0 Å². The first-order valence-electron chi connectivity index (χ1n) is 6.66. The summed E-state index contributed by atoms with van der Waals surface area (Å²) in [6, 6.07) is 10.5. The van der Waals surface area contributed by atoms with E-state index in [1.54, 1.807) is 0 Å². The van der Waals surface area contributed by atoms with Crippen molar-refractivity contribution in [3.63, 3.8) is 0 Å². The second-order valence-electron chi connectivity index (χ2n) is 4.79. The van der Waals surface area contributed by atoms with Gasteiger partial charge in [0.1, 0.15) is 11.0 Å². The molecule has 104 valence electrons. The van der Waals surface area contributed by atoms with Crippen molar-refractivity contribution in [1.82, 2.24) is 9.97 Å². The van der Waals surface area contributed by atoms with Crippen LogP contribution in [0.2, 0.25) is 5.15 Å². The molecule has 2 heterocycles. The van der Waals surface area contributed by atoms with Gasteiger partial charge in [-0.1, -0.05) is 47.6 Å². The molecule has 20 heavy (non-hydrogen) atoms. The summed E-state index contributed by atoms with van der Waals surface area (Å²) in [5.74, 6) is 0.933. The Bertz CT molecular complexity index is 591. The van der Waals surface area contributed by atoms with E-state index in [1.165, 1.54) is 22.9 Å². The van der Waals surface area contributed by atoms with Crippen molar-refractivity contribution < 1.29 is 0 Å². The van der Waals surface area contributed by atoms with E-state index in [0.717, 1.165) is 36.9 Å². The fraction of sp³-hybridized carbons (Fsp3) is 0.333. The van der Waals surface area contributed by atoms with E-state index in [9.17, 15) is 0 Å². The number of thioether (sulfide) groups is 1. The van der Waals surface area contributed by atoms with Gasteiger partial charge in [0.25, 0.3) is 0 Å². The first kappa shape index (κ1) is 13.7. The van der Waals surface area contributed by atoms with Gasteiger partial charge in [0.15, 0.2) is 5.16 Å². The molecule has 0 saturated heterocycles. The molecular weight excluding hydrogens is 290 g/mol. The summed E-state index contributed by atoms with van der Waals surface area (Å²) in [4.78, 5) is 11.1. The third-order valence-corrected chi connectivity index (χ3v) is 4.33. The van der Waals surface area contributed by atoms with Crippen LogP contribution in [0.5, 0.6) is 0 Å². The molecule has 0 unspecified atom stereocenters. The van der Waals surface area contributed by atoms with Crippen LogP contribution >= 0.6 is 23.4 Å². The molecule has 0 spiro atoms. The quantitative estimate of drug-likeness (QED) is 0.483. The molecular formula is C15H16ClN3S. The molecule has 5 heteroatoms. The second kappa shape index (κ2) is 6.02. The molecule has 0 bridgehead atoms. The second-order valence-corrected chi connectivity index (χ2v) is 5.95. The highest BCUT2D eigenvalue weighted by Crippen LogP contribution is 2.23. The minimum Gasteiger partial charge on any atom is -0.356 e.